The highest BCUT2D eigenvalue weighted by atomic mass is 16.3. The fraction of sp³-hybridized carbons (Fsp3) is 0.714. The highest BCUT2D eigenvalue weighted by molar-refractivity contribution is 5.78. The lowest BCUT2D eigenvalue weighted by molar-refractivity contribution is -0.685. The number of amides is 1. The summed E-state index contributed by atoms with van der Waals surface area (Å²) in [5.74, 6) is 3.48. The number of nitrogens with two attached hydrogens (primary N) is 1. The second-order valence-corrected chi connectivity index (χ2v) is 8.84. The predicted molar refractivity (Wildman–Crippen MR) is 96.8 cm³/mol. The Kier molecular flexibility index (Phi) is 4.79. The van der Waals surface area contributed by atoms with Gasteiger partial charge in [-0.25, -0.2) is 0 Å². The number of rotatable bonds is 7. The summed E-state index contributed by atoms with van der Waals surface area (Å²) in [4.78, 5) is 15.3. The van der Waals surface area contributed by atoms with Gasteiger partial charge in [0, 0.05) is 12.1 Å². The van der Waals surface area contributed by atoms with E-state index in [9.17, 15) is 4.79 Å². The van der Waals surface area contributed by atoms with E-state index in [1.807, 2.05) is 12.1 Å². The Balaban J connectivity index is 1.46. The number of hydrogen-bond donors (Lipinski definition) is 1. The van der Waals surface area contributed by atoms with E-state index in [-0.39, 0.29) is 17.5 Å². The Bertz CT molecular complexity index is 641. The maximum Gasteiger partial charge on any atom is 0.278 e. The van der Waals surface area contributed by atoms with E-state index >= 15 is 0 Å². The van der Waals surface area contributed by atoms with Crippen molar-refractivity contribution in [1.29, 1.82) is 5.26 Å². The van der Waals surface area contributed by atoms with E-state index in [0.717, 1.165) is 42.8 Å². The molecule has 4 saturated carbocycles. The molecule has 0 aromatic carbocycles. The zero-order chi connectivity index (χ0) is 18.1. The monoisotopic (exact) mass is 356 g/mol. The minimum absolute atomic E-state index is 0.0322. The van der Waals surface area contributed by atoms with Gasteiger partial charge in [0.1, 0.15) is 6.04 Å². The van der Waals surface area contributed by atoms with Crippen LogP contribution < -0.4 is 5.32 Å². The first-order valence-electron chi connectivity index (χ1n) is 10.1. The maximum atomic E-state index is 13.2. The molecule has 0 saturated heterocycles. The van der Waals surface area contributed by atoms with Crippen LogP contribution in [-0.4, -0.2) is 29.4 Å². The number of nitrogens with zero attached hydrogens (tertiary/aromatic N) is 2. The van der Waals surface area contributed by atoms with Crippen molar-refractivity contribution in [3.63, 3.8) is 0 Å². The zero-order valence-electron chi connectivity index (χ0n) is 15.7. The van der Waals surface area contributed by atoms with Crippen LogP contribution in [0.15, 0.2) is 22.8 Å². The van der Waals surface area contributed by atoms with Crippen LogP contribution >= 0.6 is 0 Å². The number of furan rings is 1. The van der Waals surface area contributed by atoms with E-state index in [4.69, 9.17) is 9.68 Å². The zero-order valence-corrected chi connectivity index (χ0v) is 15.7. The van der Waals surface area contributed by atoms with Gasteiger partial charge in [0.05, 0.1) is 18.8 Å². The van der Waals surface area contributed by atoms with Crippen molar-refractivity contribution in [2.45, 2.75) is 63.5 Å². The number of hydrogen-bond acceptors (Lipinski definition) is 3. The Morgan fingerprint density at radius 3 is 2.54 bits per heavy atom. The van der Waals surface area contributed by atoms with E-state index in [1.165, 1.54) is 19.3 Å². The van der Waals surface area contributed by atoms with Gasteiger partial charge in [-0.1, -0.05) is 0 Å². The molecule has 4 aliphatic rings. The molecule has 2 N–H and O–H groups in total. The maximum absolute atomic E-state index is 13.2. The van der Waals surface area contributed by atoms with Crippen LogP contribution in [0.3, 0.4) is 0 Å². The van der Waals surface area contributed by atoms with Crippen molar-refractivity contribution >= 4 is 5.91 Å². The van der Waals surface area contributed by atoms with E-state index in [1.54, 1.807) is 6.26 Å². The lowest BCUT2D eigenvalue weighted by Gasteiger charge is -2.60. The van der Waals surface area contributed by atoms with Crippen molar-refractivity contribution in [2.75, 3.05) is 13.1 Å². The molecule has 26 heavy (non-hydrogen) atoms. The third-order valence-electron chi connectivity index (χ3n) is 6.96. The third-order valence-corrected chi connectivity index (χ3v) is 6.96. The van der Waals surface area contributed by atoms with Crippen LogP contribution in [0.25, 0.3) is 0 Å². The molecule has 4 bridgehead atoms. The molecule has 5 heteroatoms. The molecule has 4 fully saturated rings. The van der Waals surface area contributed by atoms with Crippen LogP contribution in [-0.2, 0) is 4.79 Å². The van der Waals surface area contributed by atoms with Gasteiger partial charge in [-0.05, 0) is 75.3 Å². The van der Waals surface area contributed by atoms with Crippen molar-refractivity contribution in [3.8, 4) is 6.07 Å². The lowest BCUT2D eigenvalue weighted by atomic mass is 9.52. The van der Waals surface area contributed by atoms with Crippen LogP contribution in [0.4, 0.5) is 0 Å². The van der Waals surface area contributed by atoms with Gasteiger partial charge in [-0.15, -0.1) is 0 Å². The molecule has 5 nitrogen and oxygen atoms in total. The van der Waals surface area contributed by atoms with E-state index in [2.05, 4.69) is 23.2 Å². The molecular weight excluding hydrogens is 326 g/mol. The average Bonchev–Trinajstić information content (AvgIpc) is 3.13. The van der Waals surface area contributed by atoms with Crippen LogP contribution in [0.2, 0.25) is 0 Å². The van der Waals surface area contributed by atoms with Crippen LogP contribution in [0.5, 0.6) is 0 Å². The molecule has 0 spiro atoms. The number of nitriles is 1. The highest BCUT2D eigenvalue weighted by Crippen LogP contribution is 2.57. The van der Waals surface area contributed by atoms with Crippen LogP contribution in [0.1, 0.15) is 63.7 Å². The minimum atomic E-state index is 0.0322. The standard InChI is InChI=1S/C21H29N3O2/c1-15(19-4-2-7-26-19)23-14-20(25)24(6-3-5-22)21-11-16-8-17(12-21)10-18(9-16)13-21/h2,4,7,15-18,23H,3,6,8-14H2,1H3/p+1/t15-,16?,17?,18?,21?/m1/s1. The fourth-order valence-corrected chi connectivity index (χ4v) is 6.24. The largest absolute Gasteiger partial charge is 0.463 e. The van der Waals surface area contributed by atoms with Gasteiger partial charge in [0.25, 0.3) is 5.91 Å². The summed E-state index contributed by atoms with van der Waals surface area (Å²) in [7, 11) is 0. The summed E-state index contributed by atoms with van der Waals surface area (Å²) >= 11 is 0. The summed E-state index contributed by atoms with van der Waals surface area (Å²) < 4.78 is 5.45. The first-order chi connectivity index (χ1) is 12.6. The third kappa shape index (κ3) is 3.27. The summed E-state index contributed by atoms with van der Waals surface area (Å²) in [5.41, 5.74) is 0.0322. The van der Waals surface area contributed by atoms with Crippen LogP contribution in [0, 0.1) is 29.1 Å². The molecule has 1 aromatic rings. The van der Waals surface area contributed by atoms with E-state index in [0.29, 0.717) is 19.5 Å². The lowest BCUT2D eigenvalue weighted by Crippen LogP contribution is -2.87. The summed E-state index contributed by atoms with van der Waals surface area (Å²) in [6, 6.07) is 6.22. The van der Waals surface area contributed by atoms with Gasteiger partial charge < -0.3 is 14.6 Å². The quantitative estimate of drug-likeness (QED) is 0.816. The number of carbonyl (C=O) groups excluding carboxylic acids is 1. The second-order valence-electron chi connectivity index (χ2n) is 8.84. The van der Waals surface area contributed by atoms with Gasteiger partial charge in [0.15, 0.2) is 12.3 Å². The van der Waals surface area contributed by atoms with Crippen molar-refractivity contribution in [3.05, 3.63) is 24.2 Å². The Hall–Kier alpha value is -1.80. The molecule has 0 aliphatic heterocycles. The van der Waals surface area contributed by atoms with Crippen molar-refractivity contribution in [2.24, 2.45) is 17.8 Å². The van der Waals surface area contributed by atoms with E-state index < -0.39 is 0 Å². The SMILES string of the molecule is C[C@@H]([NH2+]CC(=O)N(CCC#N)C12CC3CC(CC(C3)C1)C2)c1ccco1. The highest BCUT2D eigenvalue weighted by Gasteiger charge is 2.54. The molecule has 1 amide bonds. The first kappa shape index (κ1) is 17.6. The predicted octanol–water partition coefficient (Wildman–Crippen LogP) is 2.62. The number of carbonyl (C=O) groups is 1. The molecule has 1 atom stereocenters. The molecule has 0 unspecified atom stereocenters. The van der Waals surface area contributed by atoms with Crippen molar-refractivity contribution < 1.29 is 14.5 Å². The fourth-order valence-electron chi connectivity index (χ4n) is 6.24. The summed E-state index contributed by atoms with van der Waals surface area (Å²) in [6.45, 7) is 3.08. The smallest absolute Gasteiger partial charge is 0.278 e. The first-order valence-corrected chi connectivity index (χ1v) is 10.1. The van der Waals surface area contributed by atoms with Crippen molar-refractivity contribution in [1.82, 2.24) is 4.90 Å². The molecular formula is C21H30N3O2+. The molecule has 4 aliphatic carbocycles. The molecule has 0 radical (unpaired) electrons. The van der Waals surface area contributed by atoms with Gasteiger partial charge in [-0.3, -0.25) is 4.79 Å². The summed E-state index contributed by atoms with van der Waals surface area (Å²) in [5, 5.41) is 11.2. The summed E-state index contributed by atoms with van der Waals surface area (Å²) in [6.07, 6.45) is 9.67. The normalized spacial score (nSPS) is 33.0. The molecule has 140 valence electrons. The number of quaternary nitrogens is 1. The Morgan fingerprint density at radius 2 is 2.00 bits per heavy atom. The van der Waals surface area contributed by atoms with Gasteiger partial charge >= 0.3 is 0 Å². The Morgan fingerprint density at radius 1 is 1.35 bits per heavy atom. The van der Waals surface area contributed by atoms with Gasteiger partial charge in [0.2, 0.25) is 0 Å². The van der Waals surface area contributed by atoms with Gasteiger partial charge in [-0.2, -0.15) is 5.26 Å². The second kappa shape index (κ2) is 7.08. The minimum Gasteiger partial charge on any atom is -0.463 e. The Labute approximate surface area is 155 Å². The molecule has 1 aromatic heterocycles. The molecule has 5 rings (SSSR count). The molecule has 1 heterocycles. The topological polar surface area (TPSA) is 73.8 Å². The average molecular weight is 356 g/mol.